The van der Waals surface area contributed by atoms with Gasteiger partial charge in [0.1, 0.15) is 18.1 Å². The number of aromatic nitrogens is 1. The van der Waals surface area contributed by atoms with E-state index in [-0.39, 0.29) is 5.66 Å². The number of nitrogens with one attached hydrogen (secondary N) is 1. The summed E-state index contributed by atoms with van der Waals surface area (Å²) in [5.41, 5.74) is 6.64. The standard InChI is InChI=1S/C15H16N4O2/c1-15-3-2-10(6-19(15)9-17-18-15)11-4-16-5-12-13(11)7-21-8-14(12)20/h2-6,9,14,18,20H,7-8H2,1H3. The van der Waals surface area contributed by atoms with Gasteiger partial charge in [0.25, 0.3) is 0 Å². The van der Waals surface area contributed by atoms with Crippen LogP contribution in [0, 0.1) is 0 Å². The fourth-order valence-electron chi connectivity index (χ4n) is 2.86. The zero-order chi connectivity index (χ0) is 14.4. The van der Waals surface area contributed by atoms with Gasteiger partial charge in [0.2, 0.25) is 0 Å². The molecule has 3 aliphatic heterocycles. The predicted octanol–water partition coefficient (Wildman–Crippen LogP) is 1.12. The fourth-order valence-corrected chi connectivity index (χ4v) is 2.86. The minimum atomic E-state index is -0.602. The molecule has 0 radical (unpaired) electrons. The number of hydrogen-bond donors (Lipinski definition) is 2. The van der Waals surface area contributed by atoms with Crippen molar-refractivity contribution in [3.05, 3.63) is 47.4 Å². The second-order valence-corrected chi connectivity index (χ2v) is 5.61. The molecule has 0 amide bonds. The predicted molar refractivity (Wildman–Crippen MR) is 77.8 cm³/mol. The van der Waals surface area contributed by atoms with Gasteiger partial charge in [-0.05, 0) is 24.1 Å². The molecule has 6 heteroatoms. The maximum absolute atomic E-state index is 10.0. The van der Waals surface area contributed by atoms with E-state index in [9.17, 15) is 5.11 Å². The molecule has 0 bridgehead atoms. The third-order valence-electron chi connectivity index (χ3n) is 4.16. The quantitative estimate of drug-likeness (QED) is 0.809. The van der Waals surface area contributed by atoms with Gasteiger partial charge >= 0.3 is 0 Å². The van der Waals surface area contributed by atoms with Crippen LogP contribution in [0.2, 0.25) is 0 Å². The highest BCUT2D eigenvalue weighted by atomic mass is 16.5. The Bertz CT molecular complexity index is 682. The van der Waals surface area contributed by atoms with Gasteiger partial charge in [-0.1, -0.05) is 6.08 Å². The second-order valence-electron chi connectivity index (χ2n) is 5.61. The smallest absolute Gasteiger partial charge is 0.147 e. The molecule has 1 aromatic rings. The van der Waals surface area contributed by atoms with E-state index in [2.05, 4.69) is 34.6 Å². The molecular formula is C15H16N4O2. The Balaban J connectivity index is 1.78. The number of hydrogen-bond acceptors (Lipinski definition) is 6. The number of ether oxygens (including phenoxy) is 1. The summed E-state index contributed by atoms with van der Waals surface area (Å²) in [4.78, 5) is 6.28. The van der Waals surface area contributed by atoms with Crippen LogP contribution in [-0.4, -0.2) is 33.6 Å². The third kappa shape index (κ3) is 1.87. The molecule has 4 heterocycles. The molecule has 3 aliphatic rings. The summed E-state index contributed by atoms with van der Waals surface area (Å²) in [6, 6.07) is 0. The Morgan fingerprint density at radius 1 is 1.48 bits per heavy atom. The van der Waals surface area contributed by atoms with Crippen LogP contribution in [0.25, 0.3) is 5.57 Å². The number of aliphatic hydroxyl groups excluding tert-OH is 1. The number of rotatable bonds is 1. The van der Waals surface area contributed by atoms with Crippen molar-refractivity contribution in [2.75, 3.05) is 6.61 Å². The van der Waals surface area contributed by atoms with Crippen molar-refractivity contribution in [2.45, 2.75) is 25.3 Å². The van der Waals surface area contributed by atoms with Gasteiger partial charge in [0, 0.05) is 29.7 Å². The lowest BCUT2D eigenvalue weighted by Crippen LogP contribution is -2.46. The van der Waals surface area contributed by atoms with E-state index in [4.69, 9.17) is 4.74 Å². The van der Waals surface area contributed by atoms with Gasteiger partial charge in [0.15, 0.2) is 0 Å². The van der Waals surface area contributed by atoms with Crippen molar-refractivity contribution >= 4 is 11.9 Å². The number of fused-ring (bicyclic) bond motifs is 2. The number of nitrogens with zero attached hydrogens (tertiary/aromatic N) is 3. The highest BCUT2D eigenvalue weighted by Gasteiger charge is 2.33. The van der Waals surface area contributed by atoms with Gasteiger partial charge in [0.05, 0.1) is 13.2 Å². The minimum Gasteiger partial charge on any atom is -0.386 e. The van der Waals surface area contributed by atoms with Crippen LogP contribution in [0.15, 0.2) is 35.8 Å². The highest BCUT2D eigenvalue weighted by molar-refractivity contribution is 5.80. The van der Waals surface area contributed by atoms with Crippen LogP contribution in [0.4, 0.5) is 0 Å². The Hall–Kier alpha value is -2.18. The van der Waals surface area contributed by atoms with E-state index in [0.717, 1.165) is 22.3 Å². The summed E-state index contributed by atoms with van der Waals surface area (Å²) in [6.45, 7) is 2.88. The van der Waals surface area contributed by atoms with E-state index in [1.165, 1.54) is 0 Å². The molecule has 0 fully saturated rings. The molecule has 0 saturated carbocycles. The molecule has 2 unspecified atom stereocenters. The Morgan fingerprint density at radius 2 is 2.38 bits per heavy atom. The molecule has 1 aromatic heterocycles. The Kier molecular flexibility index (Phi) is 2.63. The first kappa shape index (κ1) is 12.6. The Labute approximate surface area is 122 Å². The van der Waals surface area contributed by atoms with Crippen molar-refractivity contribution in [1.82, 2.24) is 15.3 Å². The zero-order valence-corrected chi connectivity index (χ0v) is 11.7. The topological polar surface area (TPSA) is 70.0 Å². The summed E-state index contributed by atoms with van der Waals surface area (Å²) in [7, 11) is 0. The molecule has 0 spiro atoms. The van der Waals surface area contributed by atoms with Crippen LogP contribution in [0.5, 0.6) is 0 Å². The summed E-state index contributed by atoms with van der Waals surface area (Å²) in [5, 5.41) is 14.1. The van der Waals surface area contributed by atoms with Crippen molar-refractivity contribution in [1.29, 1.82) is 0 Å². The van der Waals surface area contributed by atoms with Gasteiger partial charge < -0.3 is 14.7 Å². The van der Waals surface area contributed by atoms with Crippen molar-refractivity contribution < 1.29 is 9.84 Å². The van der Waals surface area contributed by atoms with Crippen LogP contribution in [-0.2, 0) is 11.3 Å². The number of pyridine rings is 1. The van der Waals surface area contributed by atoms with Gasteiger partial charge in [-0.2, -0.15) is 5.10 Å². The van der Waals surface area contributed by atoms with Crippen LogP contribution < -0.4 is 5.43 Å². The molecule has 0 aliphatic carbocycles. The fraction of sp³-hybridized carbons (Fsp3) is 0.333. The van der Waals surface area contributed by atoms with E-state index in [0.29, 0.717) is 13.2 Å². The lowest BCUT2D eigenvalue weighted by Gasteiger charge is -2.33. The maximum Gasteiger partial charge on any atom is 0.147 e. The number of hydrazone groups is 1. The lowest BCUT2D eigenvalue weighted by molar-refractivity contribution is 0.00939. The van der Waals surface area contributed by atoms with Gasteiger partial charge in [-0.3, -0.25) is 10.4 Å². The largest absolute Gasteiger partial charge is 0.386 e. The van der Waals surface area contributed by atoms with Gasteiger partial charge in [-0.15, -0.1) is 0 Å². The van der Waals surface area contributed by atoms with Crippen LogP contribution >= 0.6 is 0 Å². The molecule has 2 N–H and O–H groups in total. The molecule has 6 nitrogen and oxygen atoms in total. The summed E-state index contributed by atoms with van der Waals surface area (Å²) in [6.07, 6.45) is 10.8. The van der Waals surface area contributed by atoms with E-state index >= 15 is 0 Å². The van der Waals surface area contributed by atoms with Crippen molar-refractivity contribution in [2.24, 2.45) is 5.10 Å². The summed E-state index contributed by atoms with van der Waals surface area (Å²) >= 11 is 0. The summed E-state index contributed by atoms with van der Waals surface area (Å²) in [5.74, 6) is 0. The Morgan fingerprint density at radius 3 is 3.29 bits per heavy atom. The van der Waals surface area contributed by atoms with Crippen molar-refractivity contribution in [3.63, 3.8) is 0 Å². The third-order valence-corrected chi connectivity index (χ3v) is 4.16. The second kappa shape index (κ2) is 4.41. The maximum atomic E-state index is 10.0. The van der Waals surface area contributed by atoms with Crippen molar-refractivity contribution in [3.8, 4) is 0 Å². The highest BCUT2D eigenvalue weighted by Crippen LogP contribution is 2.34. The first-order valence-corrected chi connectivity index (χ1v) is 6.90. The molecule has 2 atom stereocenters. The SMILES string of the molecule is CC12C=CC(c3cncc4c3COCC4O)=CN1C=NN2. The van der Waals surface area contributed by atoms with E-state index in [1.807, 2.05) is 17.3 Å². The first-order chi connectivity index (χ1) is 10.2. The number of aliphatic hydroxyl groups is 1. The monoisotopic (exact) mass is 284 g/mol. The molecule has 4 rings (SSSR count). The molecular weight excluding hydrogens is 268 g/mol. The average Bonchev–Trinajstić information content (AvgIpc) is 2.88. The van der Waals surface area contributed by atoms with E-state index in [1.54, 1.807) is 12.5 Å². The van der Waals surface area contributed by atoms with Crippen LogP contribution in [0.3, 0.4) is 0 Å². The minimum absolute atomic E-state index is 0.304. The average molecular weight is 284 g/mol. The zero-order valence-electron chi connectivity index (χ0n) is 11.7. The van der Waals surface area contributed by atoms with Crippen LogP contribution in [0.1, 0.15) is 29.7 Å². The molecule has 0 aromatic carbocycles. The normalized spacial score (nSPS) is 29.7. The van der Waals surface area contributed by atoms with Gasteiger partial charge in [-0.25, -0.2) is 0 Å². The van der Waals surface area contributed by atoms with E-state index < -0.39 is 6.10 Å². The molecule has 0 saturated heterocycles. The molecule has 21 heavy (non-hydrogen) atoms. The molecule has 108 valence electrons. The lowest BCUT2D eigenvalue weighted by atomic mass is 9.93. The number of allylic oxidation sites excluding steroid dienone is 2. The summed E-state index contributed by atoms with van der Waals surface area (Å²) < 4.78 is 5.46. The first-order valence-electron chi connectivity index (χ1n) is 6.90.